The number of carbonyl (C=O) groups excluding carboxylic acids is 1. The van der Waals surface area contributed by atoms with E-state index in [4.69, 9.17) is 8.83 Å². The minimum Gasteiger partial charge on any atom is -0.464 e. The molecule has 3 aromatic rings. The molecular formula is C22H27NO5. The van der Waals surface area contributed by atoms with Crippen molar-refractivity contribution in [2.24, 2.45) is 5.92 Å². The van der Waals surface area contributed by atoms with Crippen molar-refractivity contribution in [1.82, 2.24) is 5.32 Å². The Kier molecular flexibility index (Phi) is 5.61. The number of aryl methyl sites for hydroxylation is 3. The first kappa shape index (κ1) is 20.1. The van der Waals surface area contributed by atoms with Crippen LogP contribution < -0.4 is 10.9 Å². The Balaban J connectivity index is 1.94. The maximum Gasteiger partial charge on any atom is 0.339 e. The second-order valence-corrected chi connectivity index (χ2v) is 7.77. The van der Waals surface area contributed by atoms with Crippen molar-refractivity contribution in [3.63, 3.8) is 0 Å². The van der Waals surface area contributed by atoms with Gasteiger partial charge in [0.2, 0.25) is 5.91 Å². The third-order valence-corrected chi connectivity index (χ3v) is 5.49. The Bertz CT molecular complexity index is 1090. The molecule has 0 saturated heterocycles. The van der Waals surface area contributed by atoms with Crippen molar-refractivity contribution in [2.75, 3.05) is 6.61 Å². The van der Waals surface area contributed by atoms with Gasteiger partial charge in [0.25, 0.3) is 0 Å². The summed E-state index contributed by atoms with van der Waals surface area (Å²) in [7, 11) is 0. The van der Waals surface area contributed by atoms with Gasteiger partial charge in [-0.2, -0.15) is 0 Å². The van der Waals surface area contributed by atoms with Crippen molar-refractivity contribution in [2.45, 2.75) is 53.5 Å². The molecule has 1 unspecified atom stereocenters. The van der Waals surface area contributed by atoms with Crippen molar-refractivity contribution in [3.8, 4) is 0 Å². The number of hydrogen-bond acceptors (Lipinski definition) is 5. The number of amides is 1. The number of rotatable bonds is 6. The quantitative estimate of drug-likeness (QED) is 0.633. The number of carbonyl (C=O) groups is 1. The summed E-state index contributed by atoms with van der Waals surface area (Å²) in [4.78, 5) is 24.8. The molecular weight excluding hydrogens is 358 g/mol. The van der Waals surface area contributed by atoms with Crippen LogP contribution in [0.2, 0.25) is 0 Å². The lowest BCUT2D eigenvalue weighted by Gasteiger charge is -2.19. The predicted octanol–water partition coefficient (Wildman–Crippen LogP) is 3.53. The highest BCUT2D eigenvalue weighted by Gasteiger charge is 2.19. The lowest BCUT2D eigenvalue weighted by atomic mass is 9.98. The second-order valence-electron chi connectivity index (χ2n) is 7.77. The molecule has 1 atom stereocenters. The average molecular weight is 385 g/mol. The Labute approximate surface area is 163 Å². The molecule has 0 radical (unpaired) electrons. The van der Waals surface area contributed by atoms with Gasteiger partial charge in [-0.3, -0.25) is 4.79 Å². The first-order chi connectivity index (χ1) is 13.2. The van der Waals surface area contributed by atoms with Crippen LogP contribution in [0, 0.1) is 26.7 Å². The standard InChI is InChI=1S/C22H27NO5/c1-11(2)18(9-24)23-19(25)7-6-15-13(4)17-8-16-12(3)10-27-20(16)14(5)21(17)28-22(15)26/h8,10-11,18,24H,6-7,9H2,1-5H3,(H,23,25). The maximum absolute atomic E-state index is 12.6. The fourth-order valence-electron chi connectivity index (χ4n) is 3.55. The largest absolute Gasteiger partial charge is 0.464 e. The van der Waals surface area contributed by atoms with Gasteiger partial charge < -0.3 is 19.3 Å². The van der Waals surface area contributed by atoms with Crippen LogP contribution in [0.1, 0.15) is 42.5 Å². The zero-order valence-electron chi connectivity index (χ0n) is 17.0. The van der Waals surface area contributed by atoms with E-state index in [0.717, 1.165) is 33.0 Å². The van der Waals surface area contributed by atoms with E-state index in [1.165, 1.54) is 0 Å². The molecule has 0 saturated carbocycles. The summed E-state index contributed by atoms with van der Waals surface area (Å²) in [5.74, 6) is -0.0611. The molecule has 6 nitrogen and oxygen atoms in total. The molecule has 0 aliphatic carbocycles. The normalized spacial score (nSPS) is 12.8. The number of furan rings is 1. The van der Waals surface area contributed by atoms with E-state index < -0.39 is 5.63 Å². The van der Waals surface area contributed by atoms with Gasteiger partial charge in [-0.05, 0) is 50.3 Å². The summed E-state index contributed by atoms with van der Waals surface area (Å²) in [6, 6.07) is 1.69. The van der Waals surface area contributed by atoms with E-state index in [-0.39, 0.29) is 37.3 Å². The Morgan fingerprint density at radius 3 is 2.50 bits per heavy atom. The first-order valence-electron chi connectivity index (χ1n) is 9.58. The summed E-state index contributed by atoms with van der Waals surface area (Å²) >= 11 is 0. The van der Waals surface area contributed by atoms with Gasteiger partial charge in [0, 0.05) is 28.3 Å². The molecule has 150 valence electrons. The van der Waals surface area contributed by atoms with E-state index >= 15 is 0 Å². The highest BCUT2D eigenvalue weighted by Crippen LogP contribution is 2.32. The van der Waals surface area contributed by atoms with Crippen molar-refractivity contribution in [3.05, 3.63) is 45.0 Å². The lowest BCUT2D eigenvalue weighted by molar-refractivity contribution is -0.122. The van der Waals surface area contributed by atoms with E-state index in [1.807, 2.05) is 40.7 Å². The van der Waals surface area contributed by atoms with E-state index in [0.29, 0.717) is 11.1 Å². The van der Waals surface area contributed by atoms with Gasteiger partial charge in [-0.15, -0.1) is 0 Å². The molecule has 3 rings (SSSR count). The highest BCUT2D eigenvalue weighted by atomic mass is 16.4. The van der Waals surface area contributed by atoms with Crippen LogP contribution in [0.25, 0.3) is 21.9 Å². The molecule has 1 amide bonds. The molecule has 6 heteroatoms. The topological polar surface area (TPSA) is 92.7 Å². The van der Waals surface area contributed by atoms with Gasteiger partial charge >= 0.3 is 5.63 Å². The molecule has 0 aliphatic heterocycles. The fourth-order valence-corrected chi connectivity index (χ4v) is 3.55. The third-order valence-electron chi connectivity index (χ3n) is 5.49. The summed E-state index contributed by atoms with van der Waals surface area (Å²) in [6.45, 7) is 9.50. The number of fused-ring (bicyclic) bond motifs is 2. The molecule has 0 aliphatic rings. The van der Waals surface area contributed by atoms with Crippen LogP contribution in [-0.4, -0.2) is 23.7 Å². The summed E-state index contributed by atoms with van der Waals surface area (Å²) in [5.41, 5.74) is 3.98. The van der Waals surface area contributed by atoms with Crippen LogP contribution in [0.3, 0.4) is 0 Å². The predicted molar refractivity (Wildman–Crippen MR) is 109 cm³/mol. The third kappa shape index (κ3) is 3.56. The summed E-state index contributed by atoms with van der Waals surface area (Å²) < 4.78 is 11.2. The van der Waals surface area contributed by atoms with Crippen LogP contribution in [0.4, 0.5) is 0 Å². The van der Waals surface area contributed by atoms with Crippen LogP contribution in [-0.2, 0) is 11.2 Å². The Morgan fingerprint density at radius 2 is 1.86 bits per heavy atom. The fraction of sp³-hybridized carbons (Fsp3) is 0.455. The summed E-state index contributed by atoms with van der Waals surface area (Å²) in [6.07, 6.45) is 2.14. The minimum absolute atomic E-state index is 0.111. The van der Waals surface area contributed by atoms with Crippen LogP contribution >= 0.6 is 0 Å². The molecule has 28 heavy (non-hydrogen) atoms. The molecule has 2 N–H and O–H groups in total. The zero-order chi connectivity index (χ0) is 20.6. The second kappa shape index (κ2) is 7.80. The number of aliphatic hydroxyl groups excluding tert-OH is 1. The SMILES string of the molecule is Cc1coc2c(C)c3oc(=O)c(CCC(=O)NC(CO)C(C)C)c(C)c3cc12. The monoisotopic (exact) mass is 385 g/mol. The average Bonchev–Trinajstić information content (AvgIpc) is 3.01. The van der Waals surface area contributed by atoms with E-state index in [9.17, 15) is 14.7 Å². The van der Waals surface area contributed by atoms with Crippen molar-refractivity contribution in [1.29, 1.82) is 0 Å². The highest BCUT2D eigenvalue weighted by molar-refractivity contribution is 5.99. The Morgan fingerprint density at radius 1 is 1.14 bits per heavy atom. The number of benzene rings is 1. The molecule has 2 heterocycles. The van der Waals surface area contributed by atoms with Gasteiger partial charge in [0.05, 0.1) is 18.9 Å². The maximum atomic E-state index is 12.6. The minimum atomic E-state index is -0.425. The molecule has 0 spiro atoms. The smallest absolute Gasteiger partial charge is 0.339 e. The van der Waals surface area contributed by atoms with Crippen molar-refractivity contribution >= 4 is 27.8 Å². The molecule has 1 aromatic carbocycles. The lowest BCUT2D eigenvalue weighted by Crippen LogP contribution is -2.41. The van der Waals surface area contributed by atoms with Gasteiger partial charge in [-0.1, -0.05) is 13.8 Å². The number of nitrogens with one attached hydrogen (secondary N) is 1. The zero-order valence-corrected chi connectivity index (χ0v) is 17.0. The van der Waals surface area contributed by atoms with Crippen molar-refractivity contribution < 1.29 is 18.7 Å². The van der Waals surface area contributed by atoms with Crippen LogP contribution in [0.15, 0.2) is 26.0 Å². The van der Waals surface area contributed by atoms with E-state index in [2.05, 4.69) is 5.32 Å². The van der Waals surface area contributed by atoms with Gasteiger partial charge in [0.1, 0.15) is 11.2 Å². The molecule has 0 fully saturated rings. The Hall–Kier alpha value is -2.60. The number of hydrogen-bond donors (Lipinski definition) is 2. The van der Waals surface area contributed by atoms with E-state index in [1.54, 1.807) is 6.26 Å². The number of aliphatic hydroxyl groups is 1. The van der Waals surface area contributed by atoms with Gasteiger partial charge in [0.15, 0.2) is 0 Å². The summed E-state index contributed by atoms with van der Waals surface area (Å²) in [5, 5.41) is 14.0. The molecule has 0 bridgehead atoms. The first-order valence-corrected chi connectivity index (χ1v) is 9.58. The van der Waals surface area contributed by atoms with Crippen LogP contribution in [0.5, 0.6) is 0 Å². The molecule has 2 aromatic heterocycles. The van der Waals surface area contributed by atoms with Gasteiger partial charge in [-0.25, -0.2) is 4.79 Å².